The van der Waals surface area contributed by atoms with Crippen molar-refractivity contribution in [1.29, 1.82) is 0 Å². The zero-order valence-electron chi connectivity index (χ0n) is 17.3. The standard InChI is InChI=1S/C23H29FN4O2/c1-2-6-21(26-23(30)25-17-18-9-11-19(24)12-10-18)22(29)28-15-13-27(14-16-28)20-7-4-3-5-8-20/h3-5,7-12,21H,2,6,13-17H2,1H3,(H2,25,26,30)/t21-/m0/s1. The zero-order valence-corrected chi connectivity index (χ0v) is 17.3. The number of anilines is 1. The summed E-state index contributed by atoms with van der Waals surface area (Å²) in [5.41, 5.74) is 1.95. The summed E-state index contributed by atoms with van der Waals surface area (Å²) in [4.78, 5) is 29.4. The molecule has 1 aliphatic rings. The first-order valence-electron chi connectivity index (χ1n) is 10.4. The molecule has 2 aromatic rings. The summed E-state index contributed by atoms with van der Waals surface area (Å²) >= 11 is 0. The van der Waals surface area contributed by atoms with Gasteiger partial charge in [-0.3, -0.25) is 4.79 Å². The minimum absolute atomic E-state index is 0.0403. The van der Waals surface area contributed by atoms with Gasteiger partial charge in [0.1, 0.15) is 11.9 Å². The molecule has 30 heavy (non-hydrogen) atoms. The number of urea groups is 1. The molecule has 0 bridgehead atoms. The molecule has 1 fully saturated rings. The molecule has 0 spiro atoms. The number of para-hydroxylation sites is 1. The highest BCUT2D eigenvalue weighted by Crippen LogP contribution is 2.16. The Morgan fingerprint density at radius 3 is 2.30 bits per heavy atom. The average molecular weight is 413 g/mol. The number of nitrogens with one attached hydrogen (secondary N) is 2. The van der Waals surface area contributed by atoms with Crippen LogP contribution in [0.1, 0.15) is 25.3 Å². The van der Waals surface area contributed by atoms with Gasteiger partial charge < -0.3 is 20.4 Å². The second-order valence-corrected chi connectivity index (χ2v) is 7.44. The van der Waals surface area contributed by atoms with Gasteiger partial charge >= 0.3 is 6.03 Å². The first kappa shape index (κ1) is 21.6. The highest BCUT2D eigenvalue weighted by atomic mass is 19.1. The van der Waals surface area contributed by atoms with E-state index < -0.39 is 12.1 Å². The van der Waals surface area contributed by atoms with Crippen LogP contribution in [-0.2, 0) is 11.3 Å². The smallest absolute Gasteiger partial charge is 0.315 e. The fraction of sp³-hybridized carbons (Fsp3) is 0.391. The van der Waals surface area contributed by atoms with Gasteiger partial charge in [0.25, 0.3) is 0 Å². The van der Waals surface area contributed by atoms with Crippen molar-refractivity contribution < 1.29 is 14.0 Å². The summed E-state index contributed by atoms with van der Waals surface area (Å²) in [5, 5.41) is 5.55. The van der Waals surface area contributed by atoms with E-state index in [0.717, 1.165) is 30.8 Å². The van der Waals surface area contributed by atoms with Gasteiger partial charge in [-0.15, -0.1) is 0 Å². The van der Waals surface area contributed by atoms with Crippen LogP contribution in [0.4, 0.5) is 14.9 Å². The highest BCUT2D eigenvalue weighted by molar-refractivity contribution is 5.87. The van der Waals surface area contributed by atoms with Gasteiger partial charge in [0, 0.05) is 38.4 Å². The van der Waals surface area contributed by atoms with E-state index in [9.17, 15) is 14.0 Å². The predicted octanol–water partition coefficient (Wildman–Crippen LogP) is 3.14. The Kier molecular flexibility index (Phi) is 7.65. The molecular formula is C23H29FN4O2. The Morgan fingerprint density at radius 1 is 1.00 bits per heavy atom. The van der Waals surface area contributed by atoms with Gasteiger partial charge in [-0.1, -0.05) is 43.7 Å². The molecule has 160 valence electrons. The van der Waals surface area contributed by atoms with Crippen molar-refractivity contribution in [1.82, 2.24) is 15.5 Å². The second-order valence-electron chi connectivity index (χ2n) is 7.44. The van der Waals surface area contributed by atoms with E-state index in [2.05, 4.69) is 27.7 Å². The quantitative estimate of drug-likeness (QED) is 0.734. The fourth-order valence-electron chi connectivity index (χ4n) is 3.58. The molecule has 0 aliphatic carbocycles. The van der Waals surface area contributed by atoms with Gasteiger partial charge in [0.2, 0.25) is 5.91 Å². The Balaban J connectivity index is 1.50. The van der Waals surface area contributed by atoms with E-state index in [1.54, 1.807) is 12.1 Å². The SMILES string of the molecule is CCC[C@H](NC(=O)NCc1ccc(F)cc1)C(=O)N1CCN(c2ccccc2)CC1. The molecule has 2 N–H and O–H groups in total. The number of benzene rings is 2. The summed E-state index contributed by atoms with van der Waals surface area (Å²) in [6.07, 6.45) is 1.38. The first-order valence-corrected chi connectivity index (χ1v) is 10.4. The molecule has 1 heterocycles. The van der Waals surface area contributed by atoms with Crippen LogP contribution in [0, 0.1) is 5.82 Å². The minimum Gasteiger partial charge on any atom is -0.368 e. The third kappa shape index (κ3) is 5.95. The van der Waals surface area contributed by atoms with Crippen molar-refractivity contribution in [2.24, 2.45) is 0 Å². The molecule has 7 heteroatoms. The van der Waals surface area contributed by atoms with Crippen molar-refractivity contribution in [2.75, 3.05) is 31.1 Å². The van der Waals surface area contributed by atoms with Crippen LogP contribution < -0.4 is 15.5 Å². The Labute approximate surface area is 177 Å². The van der Waals surface area contributed by atoms with Gasteiger partial charge in [0.05, 0.1) is 0 Å². The van der Waals surface area contributed by atoms with Crippen molar-refractivity contribution in [3.63, 3.8) is 0 Å². The highest BCUT2D eigenvalue weighted by Gasteiger charge is 2.28. The molecule has 6 nitrogen and oxygen atoms in total. The number of carbonyl (C=O) groups is 2. The summed E-state index contributed by atoms with van der Waals surface area (Å²) in [6.45, 7) is 5.07. The number of halogens is 1. The Morgan fingerprint density at radius 2 is 1.67 bits per heavy atom. The lowest BCUT2D eigenvalue weighted by atomic mass is 10.1. The normalized spacial score (nSPS) is 14.9. The van der Waals surface area contributed by atoms with E-state index in [1.807, 2.05) is 30.0 Å². The van der Waals surface area contributed by atoms with Gasteiger partial charge in [-0.2, -0.15) is 0 Å². The minimum atomic E-state index is -0.550. The van der Waals surface area contributed by atoms with Gasteiger partial charge in [0.15, 0.2) is 0 Å². The fourth-order valence-corrected chi connectivity index (χ4v) is 3.58. The molecular weight excluding hydrogens is 383 g/mol. The number of amides is 3. The number of hydrogen-bond donors (Lipinski definition) is 2. The molecule has 0 radical (unpaired) electrons. The number of hydrogen-bond acceptors (Lipinski definition) is 3. The van der Waals surface area contributed by atoms with Crippen LogP contribution in [0.5, 0.6) is 0 Å². The number of nitrogens with zero attached hydrogens (tertiary/aromatic N) is 2. The van der Waals surface area contributed by atoms with Crippen molar-refractivity contribution in [3.05, 3.63) is 66.0 Å². The Bertz CT molecular complexity index is 821. The lowest BCUT2D eigenvalue weighted by Crippen LogP contribution is -2.56. The Hall–Kier alpha value is -3.09. The maximum Gasteiger partial charge on any atom is 0.315 e. The predicted molar refractivity (Wildman–Crippen MR) is 116 cm³/mol. The lowest BCUT2D eigenvalue weighted by molar-refractivity contribution is -0.133. The maximum atomic E-state index is 13.0. The summed E-state index contributed by atoms with van der Waals surface area (Å²) in [5.74, 6) is -0.356. The summed E-state index contributed by atoms with van der Waals surface area (Å²) in [7, 11) is 0. The van der Waals surface area contributed by atoms with E-state index >= 15 is 0 Å². The molecule has 2 aromatic carbocycles. The molecule has 0 saturated carbocycles. The molecule has 3 rings (SSSR count). The molecule has 0 unspecified atom stereocenters. The van der Waals surface area contributed by atoms with Gasteiger partial charge in [-0.05, 0) is 36.2 Å². The van der Waals surface area contributed by atoms with Crippen LogP contribution in [0.15, 0.2) is 54.6 Å². The van der Waals surface area contributed by atoms with Crippen LogP contribution in [-0.4, -0.2) is 49.1 Å². The molecule has 1 atom stereocenters. The van der Waals surface area contributed by atoms with E-state index in [4.69, 9.17) is 0 Å². The van der Waals surface area contributed by atoms with Crippen molar-refractivity contribution >= 4 is 17.6 Å². The lowest BCUT2D eigenvalue weighted by Gasteiger charge is -2.37. The van der Waals surface area contributed by atoms with Crippen molar-refractivity contribution in [2.45, 2.75) is 32.4 Å². The first-order chi connectivity index (χ1) is 14.6. The molecule has 0 aromatic heterocycles. The topological polar surface area (TPSA) is 64.7 Å². The summed E-state index contributed by atoms with van der Waals surface area (Å²) in [6, 6.07) is 15.2. The average Bonchev–Trinajstić information content (AvgIpc) is 2.78. The molecule has 1 aliphatic heterocycles. The van der Waals surface area contributed by atoms with E-state index in [0.29, 0.717) is 19.5 Å². The molecule has 3 amide bonds. The van der Waals surface area contributed by atoms with Crippen LogP contribution in [0.2, 0.25) is 0 Å². The third-order valence-corrected chi connectivity index (χ3v) is 5.26. The van der Waals surface area contributed by atoms with Crippen molar-refractivity contribution in [3.8, 4) is 0 Å². The van der Waals surface area contributed by atoms with Crippen LogP contribution in [0.3, 0.4) is 0 Å². The van der Waals surface area contributed by atoms with E-state index in [-0.39, 0.29) is 18.3 Å². The maximum absolute atomic E-state index is 13.0. The van der Waals surface area contributed by atoms with Gasteiger partial charge in [-0.25, -0.2) is 9.18 Å². The third-order valence-electron chi connectivity index (χ3n) is 5.26. The monoisotopic (exact) mass is 412 g/mol. The number of carbonyl (C=O) groups excluding carboxylic acids is 2. The van der Waals surface area contributed by atoms with Crippen LogP contribution in [0.25, 0.3) is 0 Å². The van der Waals surface area contributed by atoms with E-state index in [1.165, 1.54) is 12.1 Å². The number of rotatable bonds is 7. The zero-order chi connectivity index (χ0) is 21.3. The summed E-state index contributed by atoms with van der Waals surface area (Å²) < 4.78 is 13.0. The molecule has 1 saturated heterocycles. The number of piperazine rings is 1. The second kappa shape index (κ2) is 10.6. The van der Waals surface area contributed by atoms with Crippen LogP contribution >= 0.6 is 0 Å². The largest absolute Gasteiger partial charge is 0.368 e.